The van der Waals surface area contributed by atoms with Crippen molar-refractivity contribution in [3.63, 3.8) is 0 Å². The van der Waals surface area contributed by atoms with Gasteiger partial charge in [-0.1, -0.05) is 20.8 Å². The van der Waals surface area contributed by atoms with Crippen LogP contribution in [-0.2, 0) is 0 Å². The number of hydrogen-bond donors (Lipinski definition) is 2. The highest BCUT2D eigenvalue weighted by molar-refractivity contribution is 4.85. The number of rotatable bonds is 7. The van der Waals surface area contributed by atoms with Gasteiger partial charge in [-0.2, -0.15) is 0 Å². The van der Waals surface area contributed by atoms with Gasteiger partial charge in [0.15, 0.2) is 0 Å². The first-order chi connectivity index (χ1) is 8.54. The molecule has 1 heterocycles. The molecule has 2 N–H and O–H groups in total. The van der Waals surface area contributed by atoms with E-state index < -0.39 is 5.60 Å². The summed E-state index contributed by atoms with van der Waals surface area (Å²) in [5, 5.41) is 14.0. The Bertz CT molecular complexity index is 229. The second-order valence-electron chi connectivity index (χ2n) is 5.92. The van der Waals surface area contributed by atoms with Crippen LogP contribution in [0.25, 0.3) is 0 Å². The van der Waals surface area contributed by atoms with Crippen molar-refractivity contribution in [2.75, 3.05) is 26.2 Å². The molecule has 0 aromatic heterocycles. The van der Waals surface area contributed by atoms with Gasteiger partial charge in [0, 0.05) is 19.1 Å². The van der Waals surface area contributed by atoms with Crippen molar-refractivity contribution in [2.24, 2.45) is 5.92 Å². The van der Waals surface area contributed by atoms with E-state index in [2.05, 4.69) is 37.9 Å². The summed E-state index contributed by atoms with van der Waals surface area (Å²) in [7, 11) is 0. The van der Waals surface area contributed by atoms with E-state index in [9.17, 15) is 5.11 Å². The third kappa shape index (κ3) is 4.52. The molecule has 3 nitrogen and oxygen atoms in total. The summed E-state index contributed by atoms with van der Waals surface area (Å²) in [6.07, 6.45) is 4.30. The first-order valence-corrected chi connectivity index (χ1v) is 7.72. The maximum Gasteiger partial charge on any atom is 0.0768 e. The molecule has 1 rings (SSSR count). The largest absolute Gasteiger partial charge is 0.389 e. The lowest BCUT2D eigenvalue weighted by molar-refractivity contribution is -0.0156. The lowest BCUT2D eigenvalue weighted by atomic mass is 9.89. The minimum atomic E-state index is -0.483. The molecular formula is C15H32N2O. The third-order valence-corrected chi connectivity index (χ3v) is 4.61. The molecule has 0 radical (unpaired) electrons. The van der Waals surface area contributed by atoms with Crippen LogP contribution in [0.2, 0.25) is 0 Å². The molecule has 0 spiro atoms. The monoisotopic (exact) mass is 256 g/mol. The standard InChI is InChI=1S/C15H32N2O/c1-5-15(18,6-2)12-17-10-8-9-14(11-17)13(4)16-7-3/h13-14,16,18H,5-12H2,1-4H3. The first kappa shape index (κ1) is 15.9. The average molecular weight is 256 g/mol. The Morgan fingerprint density at radius 2 is 2.00 bits per heavy atom. The summed E-state index contributed by atoms with van der Waals surface area (Å²) in [5.41, 5.74) is -0.483. The van der Waals surface area contributed by atoms with E-state index in [0.29, 0.717) is 6.04 Å². The van der Waals surface area contributed by atoms with Crippen LogP contribution in [0.3, 0.4) is 0 Å². The normalized spacial score (nSPS) is 24.2. The van der Waals surface area contributed by atoms with E-state index in [-0.39, 0.29) is 0 Å². The van der Waals surface area contributed by atoms with Gasteiger partial charge in [-0.05, 0) is 51.6 Å². The molecule has 1 saturated heterocycles. The number of β-amino-alcohol motifs (C(OH)–C–C–N with tert-alkyl or cyclic N) is 1. The first-order valence-electron chi connectivity index (χ1n) is 7.72. The van der Waals surface area contributed by atoms with E-state index in [4.69, 9.17) is 0 Å². The van der Waals surface area contributed by atoms with E-state index in [1.54, 1.807) is 0 Å². The molecule has 3 heteroatoms. The van der Waals surface area contributed by atoms with Gasteiger partial charge in [-0.3, -0.25) is 0 Å². The highest BCUT2D eigenvalue weighted by atomic mass is 16.3. The van der Waals surface area contributed by atoms with Gasteiger partial charge in [-0.25, -0.2) is 0 Å². The van der Waals surface area contributed by atoms with E-state index in [1.165, 1.54) is 12.8 Å². The zero-order chi connectivity index (χ0) is 13.6. The Balaban J connectivity index is 2.48. The summed E-state index contributed by atoms with van der Waals surface area (Å²) >= 11 is 0. The van der Waals surface area contributed by atoms with Crippen LogP contribution in [0.1, 0.15) is 53.4 Å². The molecule has 1 fully saturated rings. The summed E-state index contributed by atoms with van der Waals surface area (Å²) in [6.45, 7) is 12.8. The Morgan fingerprint density at radius 1 is 1.33 bits per heavy atom. The fourth-order valence-electron chi connectivity index (χ4n) is 3.02. The van der Waals surface area contributed by atoms with Crippen molar-refractivity contribution in [3.05, 3.63) is 0 Å². The summed E-state index contributed by atoms with van der Waals surface area (Å²) in [5.74, 6) is 0.733. The van der Waals surface area contributed by atoms with E-state index in [0.717, 1.165) is 44.9 Å². The maximum absolute atomic E-state index is 10.5. The van der Waals surface area contributed by atoms with Crippen LogP contribution in [-0.4, -0.2) is 47.8 Å². The number of nitrogens with one attached hydrogen (secondary N) is 1. The van der Waals surface area contributed by atoms with Crippen molar-refractivity contribution < 1.29 is 5.11 Å². The van der Waals surface area contributed by atoms with Crippen molar-refractivity contribution in [2.45, 2.75) is 65.0 Å². The Hall–Kier alpha value is -0.120. The summed E-state index contributed by atoms with van der Waals surface area (Å²) in [4.78, 5) is 2.47. The highest BCUT2D eigenvalue weighted by Crippen LogP contribution is 2.23. The lowest BCUT2D eigenvalue weighted by Crippen LogP contribution is -2.49. The van der Waals surface area contributed by atoms with Crippen molar-refractivity contribution in [3.8, 4) is 0 Å². The second-order valence-corrected chi connectivity index (χ2v) is 5.92. The van der Waals surface area contributed by atoms with Gasteiger partial charge in [-0.15, -0.1) is 0 Å². The average Bonchev–Trinajstić information content (AvgIpc) is 2.39. The molecule has 0 bridgehead atoms. The molecule has 0 saturated carbocycles. The van der Waals surface area contributed by atoms with Crippen molar-refractivity contribution in [1.82, 2.24) is 10.2 Å². The summed E-state index contributed by atoms with van der Waals surface area (Å²) < 4.78 is 0. The second kappa shape index (κ2) is 7.46. The zero-order valence-corrected chi connectivity index (χ0v) is 12.7. The van der Waals surface area contributed by atoms with Crippen molar-refractivity contribution >= 4 is 0 Å². The van der Waals surface area contributed by atoms with Crippen molar-refractivity contribution in [1.29, 1.82) is 0 Å². The molecule has 1 aliphatic rings. The van der Waals surface area contributed by atoms with Gasteiger partial charge >= 0.3 is 0 Å². The van der Waals surface area contributed by atoms with E-state index >= 15 is 0 Å². The quantitative estimate of drug-likeness (QED) is 0.733. The number of aliphatic hydroxyl groups is 1. The lowest BCUT2D eigenvalue weighted by Gasteiger charge is -2.40. The smallest absolute Gasteiger partial charge is 0.0768 e. The molecule has 0 amide bonds. The van der Waals surface area contributed by atoms with Crippen LogP contribution in [0.4, 0.5) is 0 Å². The molecule has 108 valence electrons. The van der Waals surface area contributed by atoms with Gasteiger partial charge < -0.3 is 15.3 Å². The van der Waals surface area contributed by atoms with E-state index in [1.807, 2.05) is 0 Å². The SMILES string of the molecule is CCNC(C)C1CCCN(CC(O)(CC)CC)C1. The van der Waals surface area contributed by atoms with Crippen LogP contribution in [0, 0.1) is 5.92 Å². The third-order valence-electron chi connectivity index (χ3n) is 4.61. The zero-order valence-electron chi connectivity index (χ0n) is 12.7. The van der Waals surface area contributed by atoms with Gasteiger partial charge in [0.1, 0.15) is 0 Å². The van der Waals surface area contributed by atoms with Crippen LogP contribution in [0.15, 0.2) is 0 Å². The van der Waals surface area contributed by atoms with Gasteiger partial charge in [0.05, 0.1) is 5.60 Å². The molecular weight excluding hydrogens is 224 g/mol. The minimum absolute atomic E-state index is 0.483. The number of piperidine rings is 1. The molecule has 18 heavy (non-hydrogen) atoms. The minimum Gasteiger partial charge on any atom is -0.389 e. The molecule has 1 aliphatic heterocycles. The number of likely N-dealkylation sites (tertiary alicyclic amines) is 1. The Labute approximate surface area is 113 Å². The van der Waals surface area contributed by atoms with Gasteiger partial charge in [0.2, 0.25) is 0 Å². The molecule has 0 aromatic rings. The molecule has 2 atom stereocenters. The maximum atomic E-state index is 10.5. The molecule has 2 unspecified atom stereocenters. The topological polar surface area (TPSA) is 35.5 Å². The Morgan fingerprint density at radius 3 is 2.56 bits per heavy atom. The number of hydrogen-bond acceptors (Lipinski definition) is 3. The highest BCUT2D eigenvalue weighted by Gasteiger charge is 2.30. The summed E-state index contributed by atoms with van der Waals surface area (Å²) in [6, 6.07) is 0.592. The fourth-order valence-corrected chi connectivity index (χ4v) is 3.02. The van der Waals surface area contributed by atoms with Gasteiger partial charge in [0.25, 0.3) is 0 Å². The van der Waals surface area contributed by atoms with Crippen LogP contribution >= 0.6 is 0 Å². The van der Waals surface area contributed by atoms with Crippen LogP contribution < -0.4 is 5.32 Å². The predicted octanol–water partition coefficient (Wildman–Crippen LogP) is 2.25. The number of nitrogens with zero attached hydrogens (tertiary/aromatic N) is 1. The Kier molecular flexibility index (Phi) is 6.61. The molecule has 0 aliphatic carbocycles. The predicted molar refractivity (Wildman–Crippen MR) is 77.8 cm³/mol. The fraction of sp³-hybridized carbons (Fsp3) is 1.00. The molecule has 0 aromatic carbocycles. The van der Waals surface area contributed by atoms with Crippen LogP contribution in [0.5, 0.6) is 0 Å².